The topological polar surface area (TPSA) is 26.0 Å². The lowest BCUT2D eigenvalue weighted by molar-refractivity contribution is 0.425. The van der Waals surface area contributed by atoms with Crippen molar-refractivity contribution < 1.29 is 0 Å². The van der Waals surface area contributed by atoms with Gasteiger partial charge >= 0.3 is 0 Å². The summed E-state index contributed by atoms with van der Waals surface area (Å²) in [5, 5.41) is 0. The van der Waals surface area contributed by atoms with Crippen LogP contribution >= 0.6 is 0 Å². The van der Waals surface area contributed by atoms with Gasteiger partial charge in [-0.3, -0.25) is 0 Å². The van der Waals surface area contributed by atoms with Crippen LogP contribution in [0.2, 0.25) is 0 Å². The second kappa shape index (κ2) is 5.82. The number of nitrogens with two attached hydrogens (primary N) is 1. The summed E-state index contributed by atoms with van der Waals surface area (Å²) in [5.74, 6) is 0.581. The number of hydrogen-bond acceptors (Lipinski definition) is 1. The monoisotopic (exact) mass is 191 g/mol. The molecule has 1 nitrogen and oxygen atoms in total. The van der Waals surface area contributed by atoms with Crippen LogP contribution in [0.15, 0.2) is 30.3 Å². The summed E-state index contributed by atoms with van der Waals surface area (Å²) >= 11 is 0. The number of benzene rings is 1. The van der Waals surface area contributed by atoms with Gasteiger partial charge in [0.25, 0.3) is 0 Å². The molecule has 1 rings (SSSR count). The zero-order chi connectivity index (χ0) is 10.4. The maximum Gasteiger partial charge on any atom is 0.00676 e. The van der Waals surface area contributed by atoms with E-state index in [1.165, 1.54) is 12.0 Å². The molecule has 0 saturated heterocycles. The normalized spacial score (nSPS) is 15.1. The van der Waals surface area contributed by atoms with Crippen molar-refractivity contribution in [1.29, 1.82) is 0 Å². The first-order valence-electron chi connectivity index (χ1n) is 5.53. The molecule has 0 radical (unpaired) electrons. The molecule has 0 saturated carbocycles. The maximum atomic E-state index is 6.08. The first-order valence-corrected chi connectivity index (χ1v) is 5.53. The van der Waals surface area contributed by atoms with E-state index in [9.17, 15) is 0 Å². The minimum absolute atomic E-state index is 0.347. The molecule has 14 heavy (non-hydrogen) atoms. The molecule has 0 aliphatic heterocycles. The zero-order valence-electron chi connectivity index (χ0n) is 9.24. The summed E-state index contributed by atoms with van der Waals surface area (Å²) in [7, 11) is 0. The molecule has 0 spiro atoms. The molecule has 2 atom stereocenters. The first kappa shape index (κ1) is 11.3. The minimum Gasteiger partial charge on any atom is -0.327 e. The van der Waals surface area contributed by atoms with Gasteiger partial charge < -0.3 is 5.73 Å². The lowest BCUT2D eigenvalue weighted by atomic mass is 9.92. The molecule has 0 heterocycles. The van der Waals surface area contributed by atoms with E-state index in [1.807, 2.05) is 0 Å². The second-order valence-corrected chi connectivity index (χ2v) is 4.12. The van der Waals surface area contributed by atoms with Crippen molar-refractivity contribution in [2.45, 2.75) is 39.2 Å². The average molecular weight is 191 g/mol. The molecule has 0 bridgehead atoms. The SMILES string of the molecule is CCCC(N)C(C)Cc1ccccc1. The predicted octanol–water partition coefficient (Wildman–Crippen LogP) is 2.99. The van der Waals surface area contributed by atoms with Crippen molar-refractivity contribution in [1.82, 2.24) is 0 Å². The third kappa shape index (κ3) is 3.51. The van der Waals surface area contributed by atoms with Crippen molar-refractivity contribution in [3.8, 4) is 0 Å². The quantitative estimate of drug-likeness (QED) is 0.760. The molecular formula is C13H21N. The van der Waals surface area contributed by atoms with E-state index in [1.54, 1.807) is 0 Å². The fraction of sp³-hybridized carbons (Fsp3) is 0.538. The van der Waals surface area contributed by atoms with E-state index in [2.05, 4.69) is 44.2 Å². The van der Waals surface area contributed by atoms with Gasteiger partial charge in [-0.2, -0.15) is 0 Å². The summed E-state index contributed by atoms with van der Waals surface area (Å²) in [6, 6.07) is 10.9. The number of rotatable bonds is 5. The van der Waals surface area contributed by atoms with Gasteiger partial charge in [0, 0.05) is 6.04 Å². The molecule has 2 N–H and O–H groups in total. The average Bonchev–Trinajstić information content (AvgIpc) is 2.19. The van der Waals surface area contributed by atoms with E-state index in [0.717, 1.165) is 12.8 Å². The van der Waals surface area contributed by atoms with Crippen molar-refractivity contribution in [2.75, 3.05) is 0 Å². The molecule has 1 heteroatoms. The summed E-state index contributed by atoms with van der Waals surface area (Å²) in [6.45, 7) is 4.43. The second-order valence-electron chi connectivity index (χ2n) is 4.12. The van der Waals surface area contributed by atoms with Crippen LogP contribution in [-0.4, -0.2) is 6.04 Å². The van der Waals surface area contributed by atoms with Crippen molar-refractivity contribution >= 4 is 0 Å². The molecule has 0 amide bonds. The van der Waals surface area contributed by atoms with Gasteiger partial charge in [0.05, 0.1) is 0 Å². The molecule has 0 aromatic heterocycles. The molecule has 2 unspecified atom stereocenters. The molecular weight excluding hydrogens is 170 g/mol. The van der Waals surface area contributed by atoms with Gasteiger partial charge in [-0.05, 0) is 24.3 Å². The molecule has 78 valence electrons. The highest BCUT2D eigenvalue weighted by molar-refractivity contribution is 5.15. The Morgan fingerprint density at radius 1 is 1.21 bits per heavy atom. The number of hydrogen-bond donors (Lipinski definition) is 1. The smallest absolute Gasteiger partial charge is 0.00676 e. The van der Waals surface area contributed by atoms with Crippen LogP contribution in [0.5, 0.6) is 0 Å². The predicted molar refractivity (Wildman–Crippen MR) is 62.2 cm³/mol. The fourth-order valence-corrected chi connectivity index (χ4v) is 1.76. The summed E-state index contributed by atoms with van der Waals surface area (Å²) in [5.41, 5.74) is 7.47. The Morgan fingerprint density at radius 2 is 1.86 bits per heavy atom. The Kier molecular flexibility index (Phi) is 4.68. The van der Waals surface area contributed by atoms with Crippen molar-refractivity contribution in [3.05, 3.63) is 35.9 Å². The van der Waals surface area contributed by atoms with Gasteiger partial charge in [0.2, 0.25) is 0 Å². The van der Waals surface area contributed by atoms with Gasteiger partial charge in [0.15, 0.2) is 0 Å². The van der Waals surface area contributed by atoms with Crippen LogP contribution in [0.25, 0.3) is 0 Å². The van der Waals surface area contributed by atoms with E-state index in [4.69, 9.17) is 5.73 Å². The summed E-state index contributed by atoms with van der Waals surface area (Å²) < 4.78 is 0. The highest BCUT2D eigenvalue weighted by Gasteiger charge is 2.11. The highest BCUT2D eigenvalue weighted by atomic mass is 14.6. The first-order chi connectivity index (χ1) is 6.74. The summed E-state index contributed by atoms with van der Waals surface area (Å²) in [6.07, 6.45) is 3.41. The Balaban J connectivity index is 2.44. The van der Waals surface area contributed by atoms with Crippen LogP contribution < -0.4 is 5.73 Å². The van der Waals surface area contributed by atoms with E-state index in [-0.39, 0.29) is 0 Å². The largest absolute Gasteiger partial charge is 0.327 e. The van der Waals surface area contributed by atoms with Gasteiger partial charge in [0.1, 0.15) is 0 Å². The Morgan fingerprint density at radius 3 is 2.43 bits per heavy atom. The Bertz CT molecular complexity index is 243. The Labute approximate surface area is 87.3 Å². The third-order valence-electron chi connectivity index (χ3n) is 2.75. The van der Waals surface area contributed by atoms with E-state index < -0.39 is 0 Å². The van der Waals surface area contributed by atoms with E-state index >= 15 is 0 Å². The molecule has 0 fully saturated rings. The minimum atomic E-state index is 0.347. The maximum absolute atomic E-state index is 6.08. The lowest BCUT2D eigenvalue weighted by Gasteiger charge is -2.19. The van der Waals surface area contributed by atoms with Crippen molar-refractivity contribution in [3.63, 3.8) is 0 Å². The van der Waals surface area contributed by atoms with Crippen LogP contribution in [0.1, 0.15) is 32.3 Å². The highest BCUT2D eigenvalue weighted by Crippen LogP contribution is 2.13. The van der Waals surface area contributed by atoms with Gasteiger partial charge in [-0.15, -0.1) is 0 Å². The zero-order valence-corrected chi connectivity index (χ0v) is 9.24. The Hall–Kier alpha value is -0.820. The van der Waals surface area contributed by atoms with Crippen molar-refractivity contribution in [2.24, 2.45) is 11.7 Å². The van der Waals surface area contributed by atoms with Crippen LogP contribution in [0.4, 0.5) is 0 Å². The molecule has 1 aromatic carbocycles. The molecule has 0 aliphatic rings. The van der Waals surface area contributed by atoms with Crippen LogP contribution in [0.3, 0.4) is 0 Å². The third-order valence-corrected chi connectivity index (χ3v) is 2.75. The fourth-order valence-electron chi connectivity index (χ4n) is 1.76. The van der Waals surface area contributed by atoms with Crippen LogP contribution in [0, 0.1) is 5.92 Å². The summed E-state index contributed by atoms with van der Waals surface area (Å²) in [4.78, 5) is 0. The molecule has 1 aromatic rings. The van der Waals surface area contributed by atoms with Crippen LogP contribution in [-0.2, 0) is 6.42 Å². The lowest BCUT2D eigenvalue weighted by Crippen LogP contribution is -2.29. The molecule has 0 aliphatic carbocycles. The van der Waals surface area contributed by atoms with Gasteiger partial charge in [-0.1, -0.05) is 50.6 Å². The standard InChI is InChI=1S/C13H21N/c1-3-7-13(14)11(2)10-12-8-5-4-6-9-12/h4-6,8-9,11,13H,3,7,10,14H2,1-2H3. The van der Waals surface area contributed by atoms with E-state index in [0.29, 0.717) is 12.0 Å². The van der Waals surface area contributed by atoms with Gasteiger partial charge in [-0.25, -0.2) is 0 Å².